The lowest BCUT2D eigenvalue weighted by Crippen LogP contribution is -2.65. The Labute approximate surface area is 226 Å². The standard InChI is InChI=1S/C35H52O2/c1-9-10-26-27-15-16-29-33(6)19-17-25(23-11-13-24(14-12-23)30(36)37)32(4,5)28(33)18-20-35(29,8)34(27,7)22-21-31(26,2)3/h11-14,17,26-29H,9-10,15-16,18-22H2,1-8H3,(H,36,37)/t26?,27-,28?,29?,33+,34-,35-/m1/s1. The first-order valence-corrected chi connectivity index (χ1v) is 15.3. The summed E-state index contributed by atoms with van der Waals surface area (Å²) in [6.45, 7) is 20.6. The molecule has 4 aliphatic rings. The molecule has 0 bridgehead atoms. The number of fused-ring (bicyclic) bond motifs is 5. The summed E-state index contributed by atoms with van der Waals surface area (Å²) in [7, 11) is 0. The van der Waals surface area contributed by atoms with Gasteiger partial charge in [-0.05, 0) is 125 Å². The van der Waals surface area contributed by atoms with Crippen molar-refractivity contribution in [2.24, 2.45) is 50.7 Å². The number of carboxylic acid groups (broad SMARTS) is 1. The molecular weight excluding hydrogens is 452 g/mol. The molecule has 4 aliphatic carbocycles. The highest BCUT2D eigenvalue weighted by molar-refractivity contribution is 5.88. The molecule has 0 saturated heterocycles. The van der Waals surface area contributed by atoms with Crippen LogP contribution < -0.4 is 0 Å². The Kier molecular flexibility index (Phi) is 6.37. The van der Waals surface area contributed by atoms with Crippen molar-refractivity contribution in [3.05, 3.63) is 41.5 Å². The minimum Gasteiger partial charge on any atom is -0.478 e. The molecule has 3 saturated carbocycles. The van der Waals surface area contributed by atoms with E-state index in [1.54, 1.807) is 12.1 Å². The van der Waals surface area contributed by atoms with Gasteiger partial charge in [0.05, 0.1) is 5.56 Å². The van der Waals surface area contributed by atoms with E-state index in [4.69, 9.17) is 0 Å². The van der Waals surface area contributed by atoms with E-state index in [2.05, 4.69) is 61.5 Å². The smallest absolute Gasteiger partial charge is 0.335 e. The number of hydrogen-bond donors (Lipinski definition) is 1. The highest BCUT2D eigenvalue weighted by Gasteiger charge is 2.68. The Bertz CT molecular complexity index is 1080. The summed E-state index contributed by atoms with van der Waals surface area (Å²) in [5, 5.41) is 9.37. The first-order chi connectivity index (χ1) is 17.2. The Hall–Kier alpha value is -1.57. The van der Waals surface area contributed by atoms with E-state index >= 15 is 0 Å². The fraction of sp³-hybridized carbons (Fsp3) is 0.743. The van der Waals surface area contributed by atoms with Gasteiger partial charge in [-0.1, -0.05) is 80.0 Å². The summed E-state index contributed by atoms with van der Waals surface area (Å²) >= 11 is 0. The SMILES string of the molecule is CCCC1[C@H]2CCC3[C@@]4(C)CC=C(c5ccc(C(=O)O)cc5)C(C)(C)C4CC[C@@]3(C)[C@]2(C)CCC1(C)C. The van der Waals surface area contributed by atoms with Crippen LogP contribution in [0.1, 0.15) is 129 Å². The lowest BCUT2D eigenvalue weighted by atomic mass is 9.32. The number of benzene rings is 1. The van der Waals surface area contributed by atoms with Crippen LogP contribution in [0.4, 0.5) is 0 Å². The third-order valence-corrected chi connectivity index (χ3v) is 13.3. The van der Waals surface area contributed by atoms with E-state index in [1.165, 1.54) is 62.5 Å². The van der Waals surface area contributed by atoms with E-state index in [0.29, 0.717) is 33.1 Å². The normalized spacial score (nSPS) is 42.1. The molecule has 7 atom stereocenters. The van der Waals surface area contributed by atoms with Crippen molar-refractivity contribution in [1.82, 2.24) is 0 Å². The average Bonchev–Trinajstić information content (AvgIpc) is 2.82. The zero-order valence-corrected chi connectivity index (χ0v) is 24.9. The Morgan fingerprint density at radius 2 is 1.54 bits per heavy atom. The minimum absolute atomic E-state index is 0.0795. The fourth-order valence-corrected chi connectivity index (χ4v) is 11.2. The minimum atomic E-state index is -0.848. The number of carbonyl (C=O) groups is 1. The Morgan fingerprint density at radius 3 is 2.16 bits per heavy atom. The molecule has 3 unspecified atom stereocenters. The first kappa shape index (κ1) is 27.0. The van der Waals surface area contributed by atoms with Crippen LogP contribution in [0.25, 0.3) is 5.57 Å². The van der Waals surface area contributed by atoms with Crippen molar-refractivity contribution >= 4 is 11.5 Å². The molecule has 204 valence electrons. The second-order valence-corrected chi connectivity index (χ2v) is 15.5. The van der Waals surface area contributed by atoms with Crippen LogP contribution in [0.2, 0.25) is 0 Å². The number of carboxylic acids is 1. The molecular formula is C35H52O2. The van der Waals surface area contributed by atoms with Crippen LogP contribution in [0.15, 0.2) is 30.3 Å². The van der Waals surface area contributed by atoms with Crippen LogP contribution in [-0.4, -0.2) is 11.1 Å². The highest BCUT2D eigenvalue weighted by Crippen LogP contribution is 2.76. The summed E-state index contributed by atoms with van der Waals surface area (Å²) < 4.78 is 0. The van der Waals surface area contributed by atoms with Gasteiger partial charge in [0.25, 0.3) is 0 Å². The van der Waals surface area contributed by atoms with Crippen molar-refractivity contribution in [1.29, 1.82) is 0 Å². The largest absolute Gasteiger partial charge is 0.478 e. The third kappa shape index (κ3) is 3.74. The topological polar surface area (TPSA) is 37.3 Å². The molecule has 1 N–H and O–H groups in total. The van der Waals surface area contributed by atoms with Crippen LogP contribution >= 0.6 is 0 Å². The van der Waals surface area contributed by atoms with Gasteiger partial charge in [0.15, 0.2) is 0 Å². The summed E-state index contributed by atoms with van der Waals surface area (Å²) in [5.74, 6) is 2.31. The fourth-order valence-electron chi connectivity index (χ4n) is 11.2. The lowest BCUT2D eigenvalue weighted by molar-refractivity contribution is -0.224. The van der Waals surface area contributed by atoms with Gasteiger partial charge in [-0.25, -0.2) is 4.79 Å². The van der Waals surface area contributed by atoms with Crippen LogP contribution in [0.5, 0.6) is 0 Å². The molecule has 0 aliphatic heterocycles. The Balaban J connectivity index is 1.51. The number of allylic oxidation sites excluding steroid dienone is 2. The number of rotatable bonds is 4. The van der Waals surface area contributed by atoms with Crippen LogP contribution in [0.3, 0.4) is 0 Å². The predicted octanol–water partition coefficient (Wildman–Crippen LogP) is 9.89. The van der Waals surface area contributed by atoms with Gasteiger partial charge < -0.3 is 5.11 Å². The second-order valence-electron chi connectivity index (χ2n) is 15.5. The van der Waals surface area contributed by atoms with E-state index < -0.39 is 5.97 Å². The number of aromatic carboxylic acids is 1. The average molecular weight is 505 g/mol. The summed E-state index contributed by atoms with van der Waals surface area (Å²) in [5.41, 5.74) is 4.74. The van der Waals surface area contributed by atoms with Gasteiger partial charge in [0.2, 0.25) is 0 Å². The van der Waals surface area contributed by atoms with Crippen molar-refractivity contribution in [3.63, 3.8) is 0 Å². The lowest BCUT2D eigenvalue weighted by Gasteiger charge is -2.72. The summed E-state index contributed by atoms with van der Waals surface area (Å²) in [6.07, 6.45) is 14.7. The molecule has 0 radical (unpaired) electrons. The maximum absolute atomic E-state index is 11.4. The van der Waals surface area contributed by atoms with Crippen molar-refractivity contribution in [3.8, 4) is 0 Å². The molecule has 0 spiro atoms. The molecule has 37 heavy (non-hydrogen) atoms. The van der Waals surface area contributed by atoms with E-state index in [-0.39, 0.29) is 5.41 Å². The molecule has 3 fully saturated rings. The molecule has 2 nitrogen and oxygen atoms in total. The van der Waals surface area contributed by atoms with Crippen molar-refractivity contribution in [2.75, 3.05) is 0 Å². The monoisotopic (exact) mass is 504 g/mol. The summed E-state index contributed by atoms with van der Waals surface area (Å²) in [6, 6.07) is 7.63. The second kappa shape index (κ2) is 8.72. The van der Waals surface area contributed by atoms with Gasteiger partial charge in [0, 0.05) is 0 Å². The van der Waals surface area contributed by atoms with E-state index in [9.17, 15) is 9.90 Å². The van der Waals surface area contributed by atoms with Gasteiger partial charge in [0.1, 0.15) is 0 Å². The molecule has 0 heterocycles. The van der Waals surface area contributed by atoms with E-state index in [0.717, 1.165) is 24.2 Å². The first-order valence-electron chi connectivity index (χ1n) is 15.3. The van der Waals surface area contributed by atoms with E-state index in [1.807, 2.05) is 12.1 Å². The molecule has 0 aromatic heterocycles. The molecule has 2 heteroatoms. The maximum atomic E-state index is 11.4. The van der Waals surface area contributed by atoms with Gasteiger partial charge in [-0.2, -0.15) is 0 Å². The molecule has 5 rings (SSSR count). The van der Waals surface area contributed by atoms with Gasteiger partial charge in [-0.15, -0.1) is 0 Å². The number of hydrogen-bond acceptors (Lipinski definition) is 1. The predicted molar refractivity (Wildman–Crippen MR) is 154 cm³/mol. The molecule has 0 amide bonds. The zero-order chi connectivity index (χ0) is 27.0. The quantitative estimate of drug-likeness (QED) is 0.443. The molecule has 1 aromatic carbocycles. The maximum Gasteiger partial charge on any atom is 0.335 e. The third-order valence-electron chi connectivity index (χ3n) is 13.3. The summed E-state index contributed by atoms with van der Waals surface area (Å²) in [4.78, 5) is 11.4. The van der Waals surface area contributed by atoms with Crippen LogP contribution in [-0.2, 0) is 0 Å². The van der Waals surface area contributed by atoms with Crippen LogP contribution in [0, 0.1) is 50.7 Å². The highest BCUT2D eigenvalue weighted by atomic mass is 16.4. The van der Waals surface area contributed by atoms with Gasteiger partial charge >= 0.3 is 5.97 Å². The van der Waals surface area contributed by atoms with Crippen molar-refractivity contribution < 1.29 is 9.90 Å². The zero-order valence-electron chi connectivity index (χ0n) is 24.9. The molecule has 1 aromatic rings. The van der Waals surface area contributed by atoms with Crippen molar-refractivity contribution in [2.45, 2.75) is 113 Å². The van der Waals surface area contributed by atoms with Gasteiger partial charge in [-0.3, -0.25) is 0 Å². The Morgan fingerprint density at radius 1 is 0.865 bits per heavy atom.